The molecule has 0 aliphatic heterocycles. The lowest BCUT2D eigenvalue weighted by Gasteiger charge is -2.19. The maximum absolute atomic E-state index is 11.6. The Labute approximate surface area is 160 Å². The fourth-order valence-electron chi connectivity index (χ4n) is 2.12. The van der Waals surface area contributed by atoms with E-state index in [9.17, 15) is 14.4 Å². The second-order valence-corrected chi connectivity index (χ2v) is 7.53. The second-order valence-electron chi connectivity index (χ2n) is 7.53. The third-order valence-corrected chi connectivity index (χ3v) is 3.56. The minimum Gasteiger partial charge on any atom is -0.493 e. The van der Waals surface area contributed by atoms with Gasteiger partial charge in [0.15, 0.2) is 6.61 Å². The van der Waals surface area contributed by atoms with Crippen LogP contribution < -0.4 is 15.4 Å². The van der Waals surface area contributed by atoms with Crippen molar-refractivity contribution in [1.29, 1.82) is 0 Å². The molecule has 1 rings (SSSR count). The molecule has 2 N–H and O–H groups in total. The van der Waals surface area contributed by atoms with Crippen LogP contribution >= 0.6 is 0 Å². The average Bonchev–Trinajstić information content (AvgIpc) is 2.57. The van der Waals surface area contributed by atoms with Gasteiger partial charge in [-0.1, -0.05) is 32.9 Å². The van der Waals surface area contributed by atoms with E-state index in [1.165, 1.54) is 5.56 Å². The van der Waals surface area contributed by atoms with E-state index in [-0.39, 0.29) is 36.9 Å². The van der Waals surface area contributed by atoms with Crippen LogP contribution in [0, 0.1) is 0 Å². The number of amides is 2. The van der Waals surface area contributed by atoms with Crippen LogP contribution in [0.25, 0.3) is 0 Å². The molecule has 150 valence electrons. The zero-order chi connectivity index (χ0) is 20.4. The van der Waals surface area contributed by atoms with E-state index in [1.807, 2.05) is 38.1 Å². The SMILES string of the molecule is CC(C)NC(=O)CNC(=O)COC(=O)CCOc1ccc(C(C)(C)C)cc1. The Morgan fingerprint density at radius 3 is 2.22 bits per heavy atom. The summed E-state index contributed by atoms with van der Waals surface area (Å²) in [4.78, 5) is 34.6. The van der Waals surface area contributed by atoms with Gasteiger partial charge >= 0.3 is 5.97 Å². The fourth-order valence-corrected chi connectivity index (χ4v) is 2.12. The zero-order valence-electron chi connectivity index (χ0n) is 16.8. The summed E-state index contributed by atoms with van der Waals surface area (Å²) in [6.45, 7) is 9.62. The molecule has 0 atom stereocenters. The number of carbonyl (C=O) groups excluding carboxylic acids is 3. The van der Waals surface area contributed by atoms with Crippen molar-refractivity contribution in [3.63, 3.8) is 0 Å². The molecule has 0 fully saturated rings. The van der Waals surface area contributed by atoms with Crippen LogP contribution in [0.1, 0.15) is 46.6 Å². The first kappa shape index (κ1) is 22.5. The van der Waals surface area contributed by atoms with Crippen LogP contribution in [-0.4, -0.2) is 43.6 Å². The highest BCUT2D eigenvalue weighted by Gasteiger charge is 2.13. The molecule has 0 unspecified atom stereocenters. The topological polar surface area (TPSA) is 93.7 Å². The smallest absolute Gasteiger partial charge is 0.309 e. The van der Waals surface area contributed by atoms with Crippen LogP contribution in [0.4, 0.5) is 0 Å². The molecule has 0 saturated heterocycles. The third-order valence-electron chi connectivity index (χ3n) is 3.56. The molecule has 0 heterocycles. The Morgan fingerprint density at radius 2 is 1.67 bits per heavy atom. The molecule has 27 heavy (non-hydrogen) atoms. The van der Waals surface area contributed by atoms with Crippen LogP contribution in [-0.2, 0) is 24.5 Å². The zero-order valence-corrected chi connectivity index (χ0v) is 16.8. The van der Waals surface area contributed by atoms with Crippen molar-refractivity contribution in [2.75, 3.05) is 19.8 Å². The van der Waals surface area contributed by atoms with E-state index in [0.717, 1.165) is 0 Å². The van der Waals surface area contributed by atoms with Gasteiger partial charge in [0.05, 0.1) is 19.6 Å². The van der Waals surface area contributed by atoms with E-state index in [2.05, 4.69) is 31.4 Å². The number of benzene rings is 1. The van der Waals surface area contributed by atoms with Gasteiger partial charge in [-0.15, -0.1) is 0 Å². The maximum Gasteiger partial charge on any atom is 0.309 e. The van der Waals surface area contributed by atoms with Crippen molar-refractivity contribution in [2.24, 2.45) is 0 Å². The van der Waals surface area contributed by atoms with Gasteiger partial charge in [0, 0.05) is 6.04 Å². The van der Waals surface area contributed by atoms with E-state index in [4.69, 9.17) is 9.47 Å². The largest absolute Gasteiger partial charge is 0.493 e. The molecule has 0 aromatic heterocycles. The molecular weight excluding hydrogens is 348 g/mol. The predicted molar refractivity (Wildman–Crippen MR) is 103 cm³/mol. The summed E-state index contributed by atoms with van der Waals surface area (Å²) in [7, 11) is 0. The third kappa shape index (κ3) is 9.63. The van der Waals surface area contributed by atoms with Crippen molar-refractivity contribution in [3.05, 3.63) is 29.8 Å². The van der Waals surface area contributed by atoms with E-state index in [1.54, 1.807) is 0 Å². The molecule has 0 saturated carbocycles. The summed E-state index contributed by atoms with van der Waals surface area (Å²) >= 11 is 0. The van der Waals surface area contributed by atoms with Crippen molar-refractivity contribution < 1.29 is 23.9 Å². The van der Waals surface area contributed by atoms with Crippen molar-refractivity contribution >= 4 is 17.8 Å². The van der Waals surface area contributed by atoms with Crippen LogP contribution in [0.3, 0.4) is 0 Å². The number of esters is 1. The quantitative estimate of drug-likeness (QED) is 0.641. The van der Waals surface area contributed by atoms with E-state index in [0.29, 0.717) is 5.75 Å². The summed E-state index contributed by atoms with van der Waals surface area (Å²) in [6, 6.07) is 7.71. The van der Waals surface area contributed by atoms with E-state index < -0.39 is 18.5 Å². The van der Waals surface area contributed by atoms with Gasteiger partial charge in [0.1, 0.15) is 5.75 Å². The summed E-state index contributed by atoms with van der Waals surface area (Å²) in [5.74, 6) is -0.690. The highest BCUT2D eigenvalue weighted by Crippen LogP contribution is 2.24. The molecule has 0 spiro atoms. The number of hydrogen-bond acceptors (Lipinski definition) is 5. The lowest BCUT2D eigenvalue weighted by Crippen LogP contribution is -2.41. The maximum atomic E-state index is 11.6. The Morgan fingerprint density at radius 1 is 1.04 bits per heavy atom. The van der Waals surface area contributed by atoms with Gasteiger partial charge in [-0.25, -0.2) is 0 Å². The first-order valence-electron chi connectivity index (χ1n) is 9.03. The summed E-state index contributed by atoms with van der Waals surface area (Å²) < 4.78 is 10.4. The molecule has 7 nitrogen and oxygen atoms in total. The highest BCUT2D eigenvalue weighted by molar-refractivity contribution is 5.86. The molecular formula is C20H30N2O5. The summed E-state index contributed by atoms with van der Waals surface area (Å²) in [5.41, 5.74) is 1.26. The van der Waals surface area contributed by atoms with Crippen LogP contribution in [0.2, 0.25) is 0 Å². The summed E-state index contributed by atoms with van der Waals surface area (Å²) in [6.07, 6.45) is 0.0299. The Hall–Kier alpha value is -2.57. The van der Waals surface area contributed by atoms with Crippen molar-refractivity contribution in [2.45, 2.75) is 52.5 Å². The monoisotopic (exact) mass is 378 g/mol. The number of hydrogen-bond donors (Lipinski definition) is 2. The van der Waals surface area contributed by atoms with Gasteiger partial charge < -0.3 is 20.1 Å². The van der Waals surface area contributed by atoms with Gasteiger partial charge in [0.25, 0.3) is 5.91 Å². The Kier molecular flexibility index (Phi) is 8.78. The molecule has 1 aromatic rings. The highest BCUT2D eigenvalue weighted by atomic mass is 16.5. The molecule has 0 aliphatic rings. The minimum atomic E-state index is -0.539. The van der Waals surface area contributed by atoms with Crippen molar-refractivity contribution in [1.82, 2.24) is 10.6 Å². The lowest BCUT2D eigenvalue weighted by atomic mass is 9.87. The molecule has 7 heteroatoms. The van der Waals surface area contributed by atoms with Crippen molar-refractivity contribution in [3.8, 4) is 5.75 Å². The fraction of sp³-hybridized carbons (Fsp3) is 0.550. The summed E-state index contributed by atoms with van der Waals surface area (Å²) in [5, 5.41) is 5.02. The normalized spacial score (nSPS) is 11.0. The lowest BCUT2D eigenvalue weighted by molar-refractivity contribution is -0.149. The first-order chi connectivity index (χ1) is 12.6. The van der Waals surface area contributed by atoms with E-state index >= 15 is 0 Å². The molecule has 0 aliphatic carbocycles. The number of carbonyl (C=O) groups is 3. The Balaban J connectivity index is 2.22. The minimum absolute atomic E-state index is 0.00287. The predicted octanol–water partition coefficient (Wildman–Crippen LogP) is 1.94. The first-order valence-corrected chi connectivity index (χ1v) is 9.03. The number of nitrogens with one attached hydrogen (secondary N) is 2. The number of ether oxygens (including phenoxy) is 2. The second kappa shape index (κ2) is 10.5. The average molecular weight is 378 g/mol. The van der Waals surface area contributed by atoms with Crippen LogP contribution in [0.15, 0.2) is 24.3 Å². The van der Waals surface area contributed by atoms with Gasteiger partial charge in [0.2, 0.25) is 5.91 Å². The standard InChI is InChI=1S/C20H30N2O5/c1-14(2)22-17(23)12-21-18(24)13-27-19(25)10-11-26-16-8-6-15(7-9-16)20(3,4)5/h6-9,14H,10-13H2,1-5H3,(H,21,24)(H,22,23). The van der Waals surface area contributed by atoms with Gasteiger partial charge in [-0.05, 0) is 37.0 Å². The molecule has 2 amide bonds. The Bertz CT molecular complexity index is 633. The molecule has 0 bridgehead atoms. The number of rotatable bonds is 9. The van der Waals surface area contributed by atoms with Gasteiger partial charge in [-0.2, -0.15) is 0 Å². The molecule has 1 aromatic carbocycles. The van der Waals surface area contributed by atoms with Crippen LogP contribution in [0.5, 0.6) is 5.75 Å². The molecule has 0 radical (unpaired) electrons. The van der Waals surface area contributed by atoms with Gasteiger partial charge in [-0.3, -0.25) is 14.4 Å².